The molecular formula is C29H28O6. The van der Waals surface area contributed by atoms with Crippen molar-refractivity contribution in [2.45, 2.75) is 32.0 Å². The maximum absolute atomic E-state index is 13.3. The molecule has 180 valence electrons. The molecule has 0 spiro atoms. The van der Waals surface area contributed by atoms with Gasteiger partial charge in [-0.2, -0.15) is 0 Å². The summed E-state index contributed by atoms with van der Waals surface area (Å²) in [6.45, 7) is 0.0754. The van der Waals surface area contributed by atoms with E-state index in [2.05, 4.69) is 0 Å². The standard InChI is InChI=1S/C29H28O6/c1-33-23-14-12-22(13-15-23)26-24(16-17-25(26)30)27(28(31)34-18-20-8-4-2-5-9-20)29(32)35-19-21-10-6-3-7-11-21/h2-15,24,26-27H,16-19H2,1H3. The number of hydrogen-bond acceptors (Lipinski definition) is 6. The van der Waals surface area contributed by atoms with Crippen LogP contribution in [0.25, 0.3) is 0 Å². The zero-order chi connectivity index (χ0) is 24.6. The molecule has 0 saturated heterocycles. The van der Waals surface area contributed by atoms with Crippen LogP contribution in [0, 0.1) is 11.8 Å². The van der Waals surface area contributed by atoms with Crippen molar-refractivity contribution in [2.75, 3.05) is 7.11 Å². The molecule has 6 nitrogen and oxygen atoms in total. The van der Waals surface area contributed by atoms with Gasteiger partial charge in [0.15, 0.2) is 5.92 Å². The largest absolute Gasteiger partial charge is 0.497 e. The van der Waals surface area contributed by atoms with Crippen molar-refractivity contribution >= 4 is 17.7 Å². The molecular weight excluding hydrogens is 444 g/mol. The summed E-state index contributed by atoms with van der Waals surface area (Å²) in [7, 11) is 1.57. The number of carbonyl (C=O) groups is 3. The molecule has 3 aromatic rings. The van der Waals surface area contributed by atoms with Crippen molar-refractivity contribution in [3.63, 3.8) is 0 Å². The van der Waals surface area contributed by atoms with Crippen LogP contribution in [0.15, 0.2) is 84.9 Å². The van der Waals surface area contributed by atoms with Gasteiger partial charge in [0.25, 0.3) is 0 Å². The third-order valence-electron chi connectivity index (χ3n) is 6.36. The van der Waals surface area contributed by atoms with Gasteiger partial charge >= 0.3 is 11.9 Å². The SMILES string of the molecule is COc1ccc(C2C(=O)CCC2C(C(=O)OCc2ccccc2)C(=O)OCc2ccccc2)cc1. The number of carbonyl (C=O) groups excluding carboxylic acids is 3. The second-order valence-electron chi connectivity index (χ2n) is 8.58. The molecule has 1 aliphatic rings. The van der Waals surface area contributed by atoms with Crippen molar-refractivity contribution in [2.24, 2.45) is 11.8 Å². The second kappa shape index (κ2) is 11.5. The highest BCUT2D eigenvalue weighted by atomic mass is 16.6. The van der Waals surface area contributed by atoms with E-state index in [0.29, 0.717) is 12.2 Å². The minimum absolute atomic E-state index is 0.00288. The number of benzene rings is 3. The Balaban J connectivity index is 1.57. The van der Waals surface area contributed by atoms with E-state index >= 15 is 0 Å². The lowest BCUT2D eigenvalue weighted by atomic mass is 9.79. The summed E-state index contributed by atoms with van der Waals surface area (Å²) >= 11 is 0. The van der Waals surface area contributed by atoms with Crippen LogP contribution in [0.3, 0.4) is 0 Å². The molecule has 1 aliphatic carbocycles. The first kappa shape index (κ1) is 24.2. The molecule has 1 fully saturated rings. The smallest absolute Gasteiger partial charge is 0.320 e. The minimum atomic E-state index is -1.21. The zero-order valence-electron chi connectivity index (χ0n) is 19.6. The van der Waals surface area contributed by atoms with Crippen molar-refractivity contribution in [3.05, 3.63) is 102 Å². The van der Waals surface area contributed by atoms with Crippen molar-refractivity contribution in [3.8, 4) is 5.75 Å². The Morgan fingerprint density at radius 3 is 1.80 bits per heavy atom. The van der Waals surface area contributed by atoms with Crippen LogP contribution >= 0.6 is 0 Å². The van der Waals surface area contributed by atoms with Gasteiger partial charge in [-0.05, 0) is 41.2 Å². The van der Waals surface area contributed by atoms with Crippen molar-refractivity contribution in [1.29, 1.82) is 0 Å². The van der Waals surface area contributed by atoms with E-state index in [1.165, 1.54) is 0 Å². The fourth-order valence-corrected chi connectivity index (χ4v) is 4.56. The summed E-state index contributed by atoms with van der Waals surface area (Å²) < 4.78 is 16.3. The fourth-order valence-electron chi connectivity index (χ4n) is 4.56. The lowest BCUT2D eigenvalue weighted by Gasteiger charge is -2.25. The van der Waals surface area contributed by atoms with Gasteiger partial charge in [0.2, 0.25) is 0 Å². The van der Waals surface area contributed by atoms with Gasteiger partial charge in [0.1, 0.15) is 24.7 Å². The van der Waals surface area contributed by atoms with Crippen molar-refractivity contribution < 1.29 is 28.6 Å². The van der Waals surface area contributed by atoms with Gasteiger partial charge in [0.05, 0.1) is 7.11 Å². The van der Waals surface area contributed by atoms with Crippen LogP contribution < -0.4 is 4.74 Å². The molecule has 0 aliphatic heterocycles. The molecule has 0 N–H and O–H groups in total. The van der Waals surface area contributed by atoms with Crippen LogP contribution in [-0.2, 0) is 37.1 Å². The topological polar surface area (TPSA) is 78.9 Å². The number of ketones is 1. The van der Waals surface area contributed by atoms with Crippen LogP contribution in [0.1, 0.15) is 35.4 Å². The van der Waals surface area contributed by atoms with E-state index in [1.54, 1.807) is 31.4 Å². The first-order chi connectivity index (χ1) is 17.1. The quantitative estimate of drug-likeness (QED) is 0.327. The number of methoxy groups -OCH3 is 1. The van der Waals surface area contributed by atoms with E-state index in [9.17, 15) is 14.4 Å². The highest BCUT2D eigenvalue weighted by molar-refractivity contribution is 5.98. The van der Waals surface area contributed by atoms with Gasteiger partial charge in [-0.25, -0.2) is 0 Å². The molecule has 2 atom stereocenters. The molecule has 2 unspecified atom stereocenters. The normalized spacial score (nSPS) is 17.3. The zero-order valence-corrected chi connectivity index (χ0v) is 19.6. The first-order valence-corrected chi connectivity index (χ1v) is 11.6. The summed E-state index contributed by atoms with van der Waals surface area (Å²) in [6.07, 6.45) is 0.691. The van der Waals surface area contributed by atoms with Crippen LogP contribution in [0.2, 0.25) is 0 Å². The highest BCUT2D eigenvalue weighted by Gasteiger charge is 2.48. The Kier molecular flexibility index (Phi) is 7.93. The monoisotopic (exact) mass is 472 g/mol. The lowest BCUT2D eigenvalue weighted by molar-refractivity contribution is -0.166. The molecule has 4 rings (SSSR count). The van der Waals surface area contributed by atoms with Gasteiger partial charge in [-0.15, -0.1) is 0 Å². The molecule has 1 saturated carbocycles. The van der Waals surface area contributed by atoms with Gasteiger partial charge < -0.3 is 14.2 Å². The Labute approximate surface area is 204 Å². The van der Waals surface area contributed by atoms with Crippen LogP contribution in [0.4, 0.5) is 0 Å². The molecule has 0 aromatic heterocycles. The van der Waals surface area contributed by atoms with Crippen LogP contribution in [0.5, 0.6) is 5.75 Å². The summed E-state index contributed by atoms with van der Waals surface area (Å²) in [5, 5.41) is 0. The maximum Gasteiger partial charge on any atom is 0.320 e. The molecule has 35 heavy (non-hydrogen) atoms. The number of ether oxygens (including phenoxy) is 3. The number of esters is 2. The van der Waals surface area contributed by atoms with E-state index < -0.39 is 29.7 Å². The molecule has 3 aromatic carbocycles. The molecule has 0 heterocycles. The predicted molar refractivity (Wildman–Crippen MR) is 129 cm³/mol. The lowest BCUT2D eigenvalue weighted by Crippen LogP contribution is -2.36. The molecule has 6 heteroatoms. The Bertz CT molecular complexity index is 1090. The Hall–Kier alpha value is -3.93. The van der Waals surface area contributed by atoms with Gasteiger partial charge in [-0.1, -0.05) is 72.8 Å². The average molecular weight is 473 g/mol. The summed E-state index contributed by atoms with van der Waals surface area (Å²) in [6, 6.07) is 25.7. The maximum atomic E-state index is 13.3. The molecule has 0 bridgehead atoms. The van der Waals surface area contributed by atoms with E-state index in [4.69, 9.17) is 14.2 Å². The third kappa shape index (κ3) is 5.96. The predicted octanol–water partition coefficient (Wildman–Crippen LogP) is 4.86. The van der Waals surface area contributed by atoms with Gasteiger partial charge in [-0.3, -0.25) is 14.4 Å². The second-order valence-corrected chi connectivity index (χ2v) is 8.58. The molecule has 0 radical (unpaired) electrons. The third-order valence-corrected chi connectivity index (χ3v) is 6.36. The number of Topliss-reactive ketones (excluding diaryl/α,β-unsaturated/α-hetero) is 1. The van der Waals surface area contributed by atoms with Gasteiger partial charge in [0, 0.05) is 12.3 Å². The summed E-state index contributed by atoms with van der Waals surface area (Å²) in [4.78, 5) is 39.5. The minimum Gasteiger partial charge on any atom is -0.497 e. The molecule has 0 amide bonds. The number of rotatable bonds is 9. The Morgan fingerprint density at radius 1 is 0.800 bits per heavy atom. The summed E-state index contributed by atoms with van der Waals surface area (Å²) in [5.41, 5.74) is 2.37. The number of hydrogen-bond donors (Lipinski definition) is 0. The van der Waals surface area contributed by atoms with E-state index in [1.807, 2.05) is 60.7 Å². The average Bonchev–Trinajstić information content (AvgIpc) is 3.28. The van der Waals surface area contributed by atoms with E-state index in [-0.39, 0.29) is 25.4 Å². The fraction of sp³-hybridized carbons (Fsp3) is 0.276. The highest BCUT2D eigenvalue weighted by Crippen LogP contribution is 2.43. The van der Waals surface area contributed by atoms with Crippen molar-refractivity contribution in [1.82, 2.24) is 0 Å². The Morgan fingerprint density at radius 2 is 1.31 bits per heavy atom. The first-order valence-electron chi connectivity index (χ1n) is 11.6. The van der Waals surface area contributed by atoms with Crippen LogP contribution in [-0.4, -0.2) is 24.8 Å². The van der Waals surface area contributed by atoms with E-state index in [0.717, 1.165) is 16.7 Å². The summed E-state index contributed by atoms with van der Waals surface area (Å²) in [5.74, 6) is -3.05.